The maximum atomic E-state index is 13.3. The number of ether oxygens (including phenoxy) is 1. The minimum Gasteiger partial charge on any atom is -0.377 e. The Morgan fingerprint density at radius 1 is 1.22 bits per heavy atom. The van der Waals surface area contributed by atoms with Gasteiger partial charge in [-0.2, -0.15) is 0 Å². The number of amides is 1. The predicted molar refractivity (Wildman–Crippen MR) is 99.7 cm³/mol. The van der Waals surface area contributed by atoms with Crippen LogP contribution in [0.1, 0.15) is 28.8 Å². The molecule has 1 amide bonds. The Labute approximate surface area is 157 Å². The molecule has 3 rings (SSSR count). The van der Waals surface area contributed by atoms with E-state index in [9.17, 15) is 17.6 Å². The Bertz CT molecular complexity index is 923. The van der Waals surface area contributed by atoms with E-state index >= 15 is 0 Å². The second-order valence-corrected chi connectivity index (χ2v) is 8.19. The van der Waals surface area contributed by atoms with Crippen LogP contribution < -0.4 is 10.0 Å². The molecule has 1 fully saturated rings. The summed E-state index contributed by atoms with van der Waals surface area (Å²) in [5.74, 6) is -0.894. The van der Waals surface area contributed by atoms with Crippen molar-refractivity contribution in [2.24, 2.45) is 0 Å². The van der Waals surface area contributed by atoms with Crippen LogP contribution in [-0.2, 0) is 14.8 Å². The molecule has 0 aromatic heterocycles. The highest BCUT2D eigenvalue weighted by Gasteiger charge is 2.20. The van der Waals surface area contributed by atoms with E-state index in [4.69, 9.17) is 4.74 Å². The van der Waals surface area contributed by atoms with Crippen molar-refractivity contribution in [3.05, 3.63) is 59.4 Å². The highest BCUT2D eigenvalue weighted by Crippen LogP contribution is 2.18. The van der Waals surface area contributed by atoms with Crippen molar-refractivity contribution in [1.82, 2.24) is 4.72 Å². The Kier molecular flexibility index (Phi) is 5.88. The van der Waals surface area contributed by atoms with Gasteiger partial charge in [0.05, 0.1) is 11.0 Å². The van der Waals surface area contributed by atoms with Crippen LogP contribution >= 0.6 is 0 Å². The van der Waals surface area contributed by atoms with Gasteiger partial charge in [-0.1, -0.05) is 6.07 Å². The van der Waals surface area contributed by atoms with E-state index in [0.717, 1.165) is 18.4 Å². The zero-order valence-corrected chi connectivity index (χ0v) is 15.7. The molecule has 2 aromatic carbocycles. The molecule has 1 aliphatic heterocycles. The van der Waals surface area contributed by atoms with Crippen molar-refractivity contribution in [1.29, 1.82) is 0 Å². The summed E-state index contributed by atoms with van der Waals surface area (Å²) in [7, 11) is -3.67. The molecular formula is C19H21FN2O4S. The fourth-order valence-corrected chi connectivity index (χ4v) is 3.87. The molecule has 0 unspecified atom stereocenters. The standard InChI is InChI=1S/C19H21FN2O4S/c1-13-4-7-15(20)11-18(13)22-19(23)14-5-8-17(9-6-14)27(24,25)21-12-16-3-2-10-26-16/h4-9,11,16,21H,2-3,10,12H2,1H3,(H,22,23)/t16-/m1/s1. The van der Waals surface area contributed by atoms with Gasteiger partial charge in [0.15, 0.2) is 0 Å². The monoisotopic (exact) mass is 392 g/mol. The summed E-state index contributed by atoms with van der Waals surface area (Å²) in [6.45, 7) is 2.63. The van der Waals surface area contributed by atoms with Gasteiger partial charge >= 0.3 is 0 Å². The molecule has 8 heteroatoms. The highest BCUT2D eigenvalue weighted by atomic mass is 32.2. The number of rotatable bonds is 6. The average molecular weight is 392 g/mol. The van der Waals surface area contributed by atoms with Crippen LogP contribution in [0.2, 0.25) is 0 Å². The van der Waals surface area contributed by atoms with E-state index in [1.54, 1.807) is 13.0 Å². The van der Waals surface area contributed by atoms with Gasteiger partial charge < -0.3 is 10.1 Å². The van der Waals surface area contributed by atoms with Crippen molar-refractivity contribution in [2.45, 2.75) is 30.8 Å². The summed E-state index contributed by atoms with van der Waals surface area (Å²) in [4.78, 5) is 12.4. The zero-order valence-electron chi connectivity index (χ0n) is 14.9. The zero-order chi connectivity index (χ0) is 19.4. The molecule has 0 spiro atoms. The van der Waals surface area contributed by atoms with Crippen LogP contribution in [-0.4, -0.2) is 33.6 Å². The second-order valence-electron chi connectivity index (χ2n) is 6.42. The minimum absolute atomic E-state index is 0.0685. The Hall–Kier alpha value is -2.29. The molecule has 0 radical (unpaired) electrons. The molecule has 2 aromatic rings. The Morgan fingerprint density at radius 2 is 1.96 bits per heavy atom. The molecule has 1 atom stereocenters. The quantitative estimate of drug-likeness (QED) is 0.792. The lowest BCUT2D eigenvalue weighted by atomic mass is 10.1. The lowest BCUT2D eigenvalue weighted by Gasteiger charge is -2.12. The normalized spacial score (nSPS) is 17.0. The number of halogens is 1. The number of hydrogen-bond donors (Lipinski definition) is 2. The van der Waals surface area contributed by atoms with Crippen molar-refractivity contribution < 1.29 is 22.3 Å². The maximum Gasteiger partial charge on any atom is 0.255 e. The summed E-state index contributed by atoms with van der Waals surface area (Å²) in [6, 6.07) is 9.70. The van der Waals surface area contributed by atoms with Gasteiger partial charge in [-0.25, -0.2) is 17.5 Å². The Balaban J connectivity index is 1.66. The van der Waals surface area contributed by atoms with Crippen LogP contribution in [0.25, 0.3) is 0 Å². The lowest BCUT2D eigenvalue weighted by molar-refractivity contribution is 0.102. The van der Waals surface area contributed by atoms with Gasteiger partial charge in [0, 0.05) is 24.4 Å². The van der Waals surface area contributed by atoms with E-state index < -0.39 is 21.7 Å². The maximum absolute atomic E-state index is 13.3. The number of aryl methyl sites for hydroxylation is 1. The van der Waals surface area contributed by atoms with E-state index in [1.807, 2.05) is 0 Å². The van der Waals surface area contributed by atoms with Crippen molar-refractivity contribution in [3.63, 3.8) is 0 Å². The van der Waals surface area contributed by atoms with Crippen LogP contribution in [0.5, 0.6) is 0 Å². The molecule has 27 heavy (non-hydrogen) atoms. The molecule has 144 valence electrons. The van der Waals surface area contributed by atoms with Gasteiger partial charge in [0.2, 0.25) is 10.0 Å². The first kappa shape index (κ1) is 19.5. The van der Waals surface area contributed by atoms with Crippen LogP contribution in [0.15, 0.2) is 47.4 Å². The van der Waals surface area contributed by atoms with Gasteiger partial charge in [-0.3, -0.25) is 4.79 Å². The second kappa shape index (κ2) is 8.16. The third kappa shape index (κ3) is 4.91. The smallest absolute Gasteiger partial charge is 0.255 e. The highest BCUT2D eigenvalue weighted by molar-refractivity contribution is 7.89. The fourth-order valence-electron chi connectivity index (χ4n) is 2.80. The molecule has 1 heterocycles. The molecule has 1 saturated heterocycles. The molecule has 0 aliphatic carbocycles. The number of benzene rings is 2. The first-order valence-electron chi connectivity index (χ1n) is 8.64. The van der Waals surface area contributed by atoms with Gasteiger partial charge in [0.25, 0.3) is 5.91 Å². The summed E-state index contributed by atoms with van der Waals surface area (Å²) < 4.78 is 45.9. The number of anilines is 1. The van der Waals surface area contributed by atoms with Crippen LogP contribution in [0, 0.1) is 12.7 Å². The van der Waals surface area contributed by atoms with Gasteiger partial charge in [-0.15, -0.1) is 0 Å². The molecular weight excluding hydrogens is 371 g/mol. The lowest BCUT2D eigenvalue weighted by Crippen LogP contribution is -2.31. The topological polar surface area (TPSA) is 84.5 Å². The van der Waals surface area contributed by atoms with Gasteiger partial charge in [0.1, 0.15) is 5.82 Å². The number of hydrogen-bond acceptors (Lipinski definition) is 4. The third-order valence-corrected chi connectivity index (χ3v) is 5.84. The van der Waals surface area contributed by atoms with E-state index in [0.29, 0.717) is 12.3 Å². The van der Waals surface area contributed by atoms with Crippen molar-refractivity contribution in [2.75, 3.05) is 18.5 Å². The number of carbonyl (C=O) groups is 1. The van der Waals surface area contributed by atoms with E-state index in [1.165, 1.54) is 36.4 Å². The first-order valence-corrected chi connectivity index (χ1v) is 10.1. The van der Waals surface area contributed by atoms with Crippen LogP contribution in [0.4, 0.5) is 10.1 Å². The SMILES string of the molecule is Cc1ccc(F)cc1NC(=O)c1ccc(S(=O)(=O)NC[C@H]2CCCO2)cc1. The molecule has 0 bridgehead atoms. The molecule has 0 saturated carbocycles. The van der Waals surface area contributed by atoms with Crippen molar-refractivity contribution >= 4 is 21.6 Å². The van der Waals surface area contributed by atoms with Crippen molar-refractivity contribution in [3.8, 4) is 0 Å². The minimum atomic E-state index is -3.67. The summed E-state index contributed by atoms with van der Waals surface area (Å²) >= 11 is 0. The molecule has 2 N–H and O–H groups in total. The first-order chi connectivity index (χ1) is 12.8. The number of nitrogens with one attached hydrogen (secondary N) is 2. The number of sulfonamides is 1. The van der Waals surface area contributed by atoms with Gasteiger partial charge in [-0.05, 0) is 61.7 Å². The fraction of sp³-hybridized carbons (Fsp3) is 0.316. The van der Waals surface area contributed by atoms with E-state index in [2.05, 4.69) is 10.0 Å². The number of carbonyl (C=O) groups excluding carboxylic acids is 1. The van der Waals surface area contributed by atoms with E-state index in [-0.39, 0.29) is 23.1 Å². The molecule has 1 aliphatic rings. The molecule has 6 nitrogen and oxygen atoms in total. The average Bonchev–Trinajstić information content (AvgIpc) is 3.17. The third-order valence-electron chi connectivity index (χ3n) is 4.40. The summed E-state index contributed by atoms with van der Waals surface area (Å²) in [5.41, 5.74) is 1.37. The van der Waals surface area contributed by atoms with Crippen LogP contribution in [0.3, 0.4) is 0 Å². The summed E-state index contributed by atoms with van der Waals surface area (Å²) in [6.07, 6.45) is 1.67. The predicted octanol–water partition coefficient (Wildman–Crippen LogP) is 2.84. The largest absolute Gasteiger partial charge is 0.377 e. The summed E-state index contributed by atoms with van der Waals surface area (Å²) in [5, 5.41) is 2.63. The Morgan fingerprint density at radius 3 is 2.63 bits per heavy atom.